The van der Waals surface area contributed by atoms with Crippen LogP contribution in [0.5, 0.6) is 5.75 Å². The van der Waals surface area contributed by atoms with Crippen molar-refractivity contribution < 1.29 is 4.74 Å². The summed E-state index contributed by atoms with van der Waals surface area (Å²) in [5, 5.41) is 5.99. The average Bonchev–Trinajstić information content (AvgIpc) is 3.62. The third-order valence-electron chi connectivity index (χ3n) is 11.4. The molecule has 0 spiro atoms. The van der Waals surface area contributed by atoms with E-state index in [1.807, 2.05) is 23.9 Å². The van der Waals surface area contributed by atoms with Crippen molar-refractivity contribution in [3.05, 3.63) is 227 Å². The maximum absolute atomic E-state index is 5.85. The molecule has 59 heavy (non-hydrogen) atoms. The lowest BCUT2D eigenvalue weighted by Gasteiger charge is -2.31. The Hall–Kier alpha value is -5.83. The van der Waals surface area contributed by atoms with Crippen LogP contribution < -0.4 is 4.74 Å². The van der Waals surface area contributed by atoms with Gasteiger partial charge in [0, 0.05) is 21.6 Å². The molecule has 0 aromatic heterocycles. The molecule has 2 aliphatic carbocycles. The molecule has 2 heterocycles. The molecule has 7 aromatic carbocycles. The standard InChI is InChI=1S/C15H12.C14H14S.C14H14.C13H12O.CH4/c1-11-6-9-15-13(10-11)8-7-12-4-2-3-5-14(12)15;1-10-6-7-14-12(8-10)9-11-4-2-3-5-13(11)15-14;1-11-3-7-13(8-4-11)14-9-5-12(2)6-10-14;1-9-6-7-11-10-4-2-3-5-12(10)14-13(11)8-9;/h2-10H,1H3;2-8,12,14H,9H2,1H3;3-10H,1-2H3;2-8,11,13H,1H3;1H4. The fourth-order valence-corrected chi connectivity index (χ4v) is 9.43. The van der Waals surface area contributed by atoms with Crippen molar-refractivity contribution in [1.82, 2.24) is 0 Å². The Morgan fingerprint density at radius 1 is 0.525 bits per heavy atom. The minimum absolute atomic E-state index is 0. The molecule has 0 fully saturated rings. The number of fused-ring (bicyclic) bond motifs is 8. The maximum Gasteiger partial charge on any atom is 0.128 e. The Morgan fingerprint density at radius 2 is 1.12 bits per heavy atom. The molecule has 4 atom stereocenters. The van der Waals surface area contributed by atoms with Crippen molar-refractivity contribution in [2.24, 2.45) is 5.92 Å². The van der Waals surface area contributed by atoms with Gasteiger partial charge in [-0.25, -0.2) is 0 Å². The van der Waals surface area contributed by atoms with Crippen LogP contribution in [0.15, 0.2) is 204 Å². The Balaban J connectivity index is 0.000000119. The first kappa shape index (κ1) is 41.3. The van der Waals surface area contributed by atoms with Gasteiger partial charge in [0.25, 0.3) is 0 Å². The molecule has 11 rings (SSSR count). The highest BCUT2D eigenvalue weighted by Gasteiger charge is 2.32. The average molecular weight is 789 g/mol. The van der Waals surface area contributed by atoms with Gasteiger partial charge in [0.2, 0.25) is 0 Å². The van der Waals surface area contributed by atoms with Crippen LogP contribution in [0, 0.1) is 26.7 Å². The molecule has 0 bridgehead atoms. The number of ether oxygens (including phenoxy) is 1. The lowest BCUT2D eigenvalue weighted by molar-refractivity contribution is 0.268. The molecule has 2 heteroatoms. The monoisotopic (exact) mass is 788 g/mol. The number of rotatable bonds is 1. The summed E-state index contributed by atoms with van der Waals surface area (Å²) >= 11 is 2.01. The van der Waals surface area contributed by atoms with Crippen LogP contribution in [-0.2, 0) is 6.42 Å². The lowest BCUT2D eigenvalue weighted by atomic mass is 9.90. The summed E-state index contributed by atoms with van der Waals surface area (Å²) < 4.78 is 5.85. The first-order valence-electron chi connectivity index (χ1n) is 20.5. The Morgan fingerprint density at radius 3 is 1.88 bits per heavy atom. The smallest absolute Gasteiger partial charge is 0.128 e. The third kappa shape index (κ3) is 9.90. The molecular formula is C57H56OS. The van der Waals surface area contributed by atoms with Gasteiger partial charge in [-0.15, -0.1) is 11.8 Å². The van der Waals surface area contributed by atoms with Crippen LogP contribution in [0.25, 0.3) is 32.7 Å². The molecular weight excluding hydrogens is 733 g/mol. The molecule has 4 unspecified atom stereocenters. The number of allylic oxidation sites excluding steroid dienone is 5. The second-order valence-corrected chi connectivity index (χ2v) is 17.2. The Bertz CT molecular complexity index is 2610. The van der Waals surface area contributed by atoms with Crippen LogP contribution in [0.4, 0.5) is 0 Å². The van der Waals surface area contributed by atoms with Gasteiger partial charge in [0.1, 0.15) is 11.9 Å². The zero-order chi connectivity index (χ0) is 40.0. The summed E-state index contributed by atoms with van der Waals surface area (Å²) in [7, 11) is 0. The van der Waals surface area contributed by atoms with Crippen molar-refractivity contribution in [3.8, 4) is 16.9 Å². The van der Waals surface area contributed by atoms with Crippen LogP contribution in [-0.4, -0.2) is 11.4 Å². The molecule has 0 saturated carbocycles. The van der Waals surface area contributed by atoms with Gasteiger partial charge in [-0.2, -0.15) is 0 Å². The summed E-state index contributed by atoms with van der Waals surface area (Å²) in [5.41, 5.74) is 12.0. The van der Waals surface area contributed by atoms with E-state index in [0.717, 1.165) is 5.75 Å². The minimum Gasteiger partial charge on any atom is -0.485 e. The molecule has 4 aliphatic rings. The highest BCUT2D eigenvalue weighted by atomic mass is 32.2. The van der Waals surface area contributed by atoms with Crippen molar-refractivity contribution in [1.29, 1.82) is 0 Å². The summed E-state index contributed by atoms with van der Waals surface area (Å²) in [6.45, 7) is 10.7. The predicted octanol–water partition coefficient (Wildman–Crippen LogP) is 15.8. The zero-order valence-corrected chi connectivity index (χ0v) is 35.0. The number of thioether (sulfide) groups is 1. The summed E-state index contributed by atoms with van der Waals surface area (Å²) in [4.78, 5) is 1.47. The van der Waals surface area contributed by atoms with Crippen molar-refractivity contribution >= 4 is 33.3 Å². The third-order valence-corrected chi connectivity index (χ3v) is 12.8. The number of aryl methyl sites for hydroxylation is 3. The van der Waals surface area contributed by atoms with E-state index in [1.54, 1.807) is 0 Å². The van der Waals surface area contributed by atoms with Gasteiger partial charge in [0.05, 0.1) is 0 Å². The molecule has 1 nitrogen and oxygen atoms in total. The maximum atomic E-state index is 5.85. The SMILES string of the molecule is C.CC1=CC2Cc3ccccc3SC2C=C1.CC1=CC2Oc3ccccc3C2C=C1.Cc1ccc(-c2ccc(C)cc2)cc1.Cc1ccc2c(ccc3ccccc32)c1. The second-order valence-electron chi connectivity index (χ2n) is 16.0. The van der Waals surface area contributed by atoms with E-state index in [2.05, 4.69) is 211 Å². The van der Waals surface area contributed by atoms with Gasteiger partial charge in [-0.3, -0.25) is 0 Å². The van der Waals surface area contributed by atoms with Gasteiger partial charge in [0.15, 0.2) is 0 Å². The number of hydrogen-bond acceptors (Lipinski definition) is 2. The van der Waals surface area contributed by atoms with E-state index in [-0.39, 0.29) is 13.5 Å². The van der Waals surface area contributed by atoms with E-state index < -0.39 is 0 Å². The van der Waals surface area contributed by atoms with Crippen LogP contribution in [0.1, 0.15) is 55.0 Å². The van der Waals surface area contributed by atoms with Gasteiger partial charge >= 0.3 is 0 Å². The summed E-state index contributed by atoms with van der Waals surface area (Å²) in [6, 6.07) is 53.9. The van der Waals surface area contributed by atoms with Crippen LogP contribution >= 0.6 is 11.8 Å². The Kier molecular flexibility index (Phi) is 13.2. The number of benzene rings is 7. The molecule has 0 N–H and O–H groups in total. The van der Waals surface area contributed by atoms with Crippen LogP contribution in [0.2, 0.25) is 0 Å². The first-order chi connectivity index (χ1) is 28.3. The van der Waals surface area contributed by atoms with Crippen molar-refractivity contribution in [2.75, 3.05) is 0 Å². The fourth-order valence-electron chi connectivity index (χ4n) is 8.17. The second kappa shape index (κ2) is 18.8. The lowest BCUT2D eigenvalue weighted by Crippen LogP contribution is -2.22. The summed E-state index contributed by atoms with van der Waals surface area (Å²) in [6.07, 6.45) is 15.1. The highest BCUT2D eigenvalue weighted by molar-refractivity contribution is 8.00. The minimum atomic E-state index is 0. The normalized spacial score (nSPS) is 18.9. The van der Waals surface area contributed by atoms with Gasteiger partial charge in [-0.05, 0) is 103 Å². The van der Waals surface area contributed by atoms with E-state index in [0.29, 0.717) is 17.1 Å². The largest absolute Gasteiger partial charge is 0.485 e. The number of hydrogen-bond donors (Lipinski definition) is 0. The predicted molar refractivity (Wildman–Crippen MR) is 257 cm³/mol. The molecule has 7 aromatic rings. The van der Waals surface area contributed by atoms with E-state index in [4.69, 9.17) is 4.74 Å². The topological polar surface area (TPSA) is 9.23 Å². The Labute approximate surface area is 356 Å². The van der Waals surface area contributed by atoms with Gasteiger partial charge < -0.3 is 4.74 Å². The van der Waals surface area contributed by atoms with E-state index in [1.165, 1.54) is 83.0 Å². The molecule has 0 saturated heterocycles. The van der Waals surface area contributed by atoms with E-state index >= 15 is 0 Å². The fraction of sp³-hybridized carbons (Fsp3) is 0.193. The molecule has 0 amide bonds. The first-order valence-corrected chi connectivity index (χ1v) is 21.4. The van der Waals surface area contributed by atoms with Crippen molar-refractivity contribution in [2.45, 2.75) is 70.6 Å². The zero-order valence-electron chi connectivity index (χ0n) is 34.2. The molecule has 2 aliphatic heterocycles. The van der Waals surface area contributed by atoms with Crippen LogP contribution in [0.3, 0.4) is 0 Å². The molecule has 0 radical (unpaired) electrons. The van der Waals surface area contributed by atoms with E-state index in [9.17, 15) is 0 Å². The summed E-state index contributed by atoms with van der Waals surface area (Å²) in [5.74, 6) is 2.17. The van der Waals surface area contributed by atoms with Crippen molar-refractivity contribution in [3.63, 3.8) is 0 Å². The van der Waals surface area contributed by atoms with Gasteiger partial charge in [-0.1, -0.05) is 205 Å². The highest BCUT2D eigenvalue weighted by Crippen LogP contribution is 2.42. The quantitative estimate of drug-likeness (QED) is 0.153. The molecule has 296 valence electrons. The number of para-hydroxylation sites is 1.